The van der Waals surface area contributed by atoms with E-state index in [1.54, 1.807) is 0 Å². The first kappa shape index (κ1) is 13.5. The predicted molar refractivity (Wildman–Crippen MR) is 69.4 cm³/mol. The monoisotopic (exact) mass is 236 g/mol. The molecule has 0 fully saturated rings. The highest BCUT2D eigenvalue weighted by atomic mass is 16.4. The fourth-order valence-corrected chi connectivity index (χ4v) is 1.59. The molecule has 1 rings (SSSR count). The molecular formula is C13H20N2O2. The minimum Gasteiger partial charge on any atom is -0.480 e. The van der Waals surface area contributed by atoms with Crippen molar-refractivity contribution in [3.63, 3.8) is 0 Å². The predicted octanol–water partition coefficient (Wildman–Crippen LogP) is 1.66. The summed E-state index contributed by atoms with van der Waals surface area (Å²) >= 11 is 0. The molecular weight excluding hydrogens is 216 g/mol. The Balaban J connectivity index is 2.69. The molecule has 1 aromatic carbocycles. The summed E-state index contributed by atoms with van der Waals surface area (Å²) in [6.45, 7) is 4.58. The Hall–Kier alpha value is -1.55. The van der Waals surface area contributed by atoms with Crippen LogP contribution in [0, 0.1) is 0 Å². The van der Waals surface area contributed by atoms with E-state index in [-0.39, 0.29) is 0 Å². The summed E-state index contributed by atoms with van der Waals surface area (Å²) in [5.74, 6) is -0.480. The summed E-state index contributed by atoms with van der Waals surface area (Å²) in [5.41, 5.74) is 7.74. The minimum atomic E-state index is -0.976. The van der Waals surface area contributed by atoms with E-state index in [0.29, 0.717) is 12.5 Å². The fraction of sp³-hybridized carbons (Fsp3) is 0.462. The minimum absolute atomic E-state index is 0.302. The van der Waals surface area contributed by atoms with E-state index >= 15 is 0 Å². The lowest BCUT2D eigenvalue weighted by Crippen LogP contribution is -2.41. The van der Waals surface area contributed by atoms with Gasteiger partial charge in [0.25, 0.3) is 0 Å². The van der Waals surface area contributed by atoms with E-state index in [4.69, 9.17) is 10.8 Å². The van der Waals surface area contributed by atoms with Gasteiger partial charge >= 0.3 is 5.97 Å². The van der Waals surface area contributed by atoms with Gasteiger partial charge in [-0.25, -0.2) is 0 Å². The lowest BCUT2D eigenvalue weighted by atomic mass is 10.0. The van der Waals surface area contributed by atoms with E-state index in [9.17, 15) is 4.79 Å². The molecule has 0 spiro atoms. The zero-order valence-corrected chi connectivity index (χ0v) is 10.6. The van der Waals surface area contributed by atoms with E-state index < -0.39 is 12.0 Å². The Bertz CT molecular complexity index is 374. The summed E-state index contributed by atoms with van der Waals surface area (Å²) < 4.78 is 0. The number of likely N-dealkylation sites (N-methyl/N-ethyl adjacent to an activating group) is 1. The Morgan fingerprint density at radius 1 is 1.35 bits per heavy atom. The Morgan fingerprint density at radius 2 is 1.88 bits per heavy atom. The van der Waals surface area contributed by atoms with Gasteiger partial charge in [-0.3, -0.25) is 4.79 Å². The van der Waals surface area contributed by atoms with Crippen LogP contribution in [0.1, 0.15) is 25.3 Å². The topological polar surface area (TPSA) is 66.6 Å². The van der Waals surface area contributed by atoms with Gasteiger partial charge in [-0.1, -0.05) is 26.0 Å². The van der Waals surface area contributed by atoms with Gasteiger partial charge in [0.05, 0.1) is 0 Å². The van der Waals surface area contributed by atoms with Crippen molar-refractivity contribution in [1.29, 1.82) is 0 Å². The average molecular weight is 236 g/mol. The maximum absolute atomic E-state index is 10.7. The second-order valence-corrected chi connectivity index (χ2v) is 4.57. The van der Waals surface area contributed by atoms with Crippen molar-refractivity contribution >= 4 is 11.7 Å². The van der Waals surface area contributed by atoms with Gasteiger partial charge in [0.1, 0.15) is 6.04 Å². The van der Waals surface area contributed by atoms with E-state index in [1.165, 1.54) is 5.56 Å². The molecule has 3 N–H and O–H groups in total. The van der Waals surface area contributed by atoms with Crippen LogP contribution in [0.15, 0.2) is 24.3 Å². The van der Waals surface area contributed by atoms with Crippen molar-refractivity contribution in [2.24, 2.45) is 5.73 Å². The first-order valence-electron chi connectivity index (χ1n) is 5.71. The number of carboxylic acids is 1. The molecule has 1 atom stereocenters. The van der Waals surface area contributed by atoms with Crippen LogP contribution in [0.2, 0.25) is 0 Å². The summed E-state index contributed by atoms with van der Waals surface area (Å²) in [5, 5.41) is 8.74. The number of nitrogens with two attached hydrogens (primary N) is 1. The first-order valence-corrected chi connectivity index (χ1v) is 5.71. The molecule has 0 radical (unpaired) electrons. The van der Waals surface area contributed by atoms with Crippen LogP contribution in [-0.4, -0.2) is 30.7 Å². The molecule has 1 unspecified atom stereocenters. The number of anilines is 1. The molecule has 0 heterocycles. The largest absolute Gasteiger partial charge is 0.480 e. The summed E-state index contributed by atoms with van der Waals surface area (Å²) in [6.07, 6.45) is 0. The smallest absolute Gasteiger partial charge is 0.322 e. The van der Waals surface area contributed by atoms with Gasteiger partial charge in [-0.2, -0.15) is 0 Å². The normalized spacial score (nSPS) is 12.5. The maximum Gasteiger partial charge on any atom is 0.322 e. The van der Waals surface area contributed by atoms with Crippen LogP contribution in [-0.2, 0) is 4.79 Å². The number of nitrogens with zero attached hydrogens (tertiary/aromatic N) is 1. The number of carboxylic acid groups (broad SMARTS) is 1. The third kappa shape index (κ3) is 3.75. The number of hydrogen-bond donors (Lipinski definition) is 2. The van der Waals surface area contributed by atoms with Gasteiger partial charge in [0.2, 0.25) is 0 Å². The Kier molecular flexibility index (Phi) is 4.52. The average Bonchev–Trinajstić information content (AvgIpc) is 2.28. The molecule has 0 amide bonds. The third-order valence-electron chi connectivity index (χ3n) is 2.79. The maximum atomic E-state index is 10.7. The zero-order chi connectivity index (χ0) is 13.0. The molecule has 0 bridgehead atoms. The molecule has 0 aliphatic rings. The molecule has 94 valence electrons. The van der Waals surface area contributed by atoms with Crippen LogP contribution < -0.4 is 10.6 Å². The van der Waals surface area contributed by atoms with Gasteiger partial charge in [-0.15, -0.1) is 0 Å². The number of rotatable bonds is 5. The van der Waals surface area contributed by atoms with Crippen molar-refractivity contribution in [3.8, 4) is 0 Å². The second kappa shape index (κ2) is 5.68. The molecule has 0 aliphatic carbocycles. The summed E-state index contributed by atoms with van der Waals surface area (Å²) in [7, 11) is 1.84. The van der Waals surface area contributed by atoms with E-state index in [0.717, 1.165) is 5.69 Å². The van der Waals surface area contributed by atoms with Crippen LogP contribution in [0.3, 0.4) is 0 Å². The summed E-state index contributed by atoms with van der Waals surface area (Å²) in [4.78, 5) is 12.5. The van der Waals surface area contributed by atoms with Crippen molar-refractivity contribution in [1.82, 2.24) is 0 Å². The zero-order valence-electron chi connectivity index (χ0n) is 10.6. The second-order valence-electron chi connectivity index (χ2n) is 4.57. The number of benzene rings is 1. The third-order valence-corrected chi connectivity index (χ3v) is 2.79. The van der Waals surface area contributed by atoms with Crippen LogP contribution >= 0.6 is 0 Å². The molecule has 1 aromatic rings. The van der Waals surface area contributed by atoms with Crippen molar-refractivity contribution in [2.75, 3.05) is 18.5 Å². The molecule has 4 heteroatoms. The Labute approximate surface area is 102 Å². The van der Waals surface area contributed by atoms with Crippen LogP contribution in [0.4, 0.5) is 5.69 Å². The van der Waals surface area contributed by atoms with Crippen molar-refractivity contribution in [3.05, 3.63) is 29.8 Å². The molecule has 17 heavy (non-hydrogen) atoms. The highest BCUT2D eigenvalue weighted by molar-refractivity contribution is 5.74. The van der Waals surface area contributed by atoms with E-state index in [1.807, 2.05) is 24.1 Å². The highest BCUT2D eigenvalue weighted by Crippen LogP contribution is 2.19. The van der Waals surface area contributed by atoms with Gasteiger partial charge in [0.15, 0.2) is 0 Å². The number of carbonyl (C=O) groups is 1. The standard InChI is InChI=1S/C13H20N2O2/c1-9(2)10-4-6-11(7-5-10)15(3)8-12(14)13(16)17/h4-7,9,12H,8,14H2,1-3H3,(H,16,17). The van der Waals surface area contributed by atoms with Crippen LogP contribution in [0.5, 0.6) is 0 Å². The number of aliphatic carboxylic acids is 1. The lowest BCUT2D eigenvalue weighted by molar-refractivity contribution is -0.138. The first-order chi connectivity index (χ1) is 7.91. The molecule has 4 nitrogen and oxygen atoms in total. The molecule has 0 aromatic heterocycles. The van der Waals surface area contributed by atoms with Crippen molar-refractivity contribution in [2.45, 2.75) is 25.8 Å². The molecule has 0 aliphatic heterocycles. The van der Waals surface area contributed by atoms with E-state index in [2.05, 4.69) is 26.0 Å². The SMILES string of the molecule is CC(C)c1ccc(N(C)CC(N)C(=O)O)cc1. The number of hydrogen-bond acceptors (Lipinski definition) is 3. The van der Waals surface area contributed by atoms with Gasteiger partial charge in [-0.05, 0) is 23.6 Å². The fourth-order valence-electron chi connectivity index (χ4n) is 1.59. The lowest BCUT2D eigenvalue weighted by Gasteiger charge is -2.21. The summed E-state index contributed by atoms with van der Waals surface area (Å²) in [6, 6.07) is 7.24. The van der Waals surface area contributed by atoms with Gasteiger partial charge in [0, 0.05) is 19.3 Å². The molecule has 0 saturated carbocycles. The Morgan fingerprint density at radius 3 is 2.29 bits per heavy atom. The highest BCUT2D eigenvalue weighted by Gasteiger charge is 2.14. The quantitative estimate of drug-likeness (QED) is 0.816. The molecule has 0 saturated heterocycles. The van der Waals surface area contributed by atoms with Gasteiger partial charge < -0.3 is 15.7 Å². The van der Waals surface area contributed by atoms with Crippen LogP contribution in [0.25, 0.3) is 0 Å². The van der Waals surface area contributed by atoms with Crippen molar-refractivity contribution < 1.29 is 9.90 Å².